The lowest BCUT2D eigenvalue weighted by atomic mass is 9.73. The molecule has 0 unspecified atom stereocenters. The smallest absolute Gasteiger partial charge is 0.416 e. The summed E-state index contributed by atoms with van der Waals surface area (Å²) in [5, 5.41) is 8.88. The second kappa shape index (κ2) is 17.2. The van der Waals surface area contributed by atoms with E-state index < -0.39 is 23.3 Å². The highest BCUT2D eigenvalue weighted by molar-refractivity contribution is 5.95. The van der Waals surface area contributed by atoms with Crippen LogP contribution >= 0.6 is 0 Å². The third kappa shape index (κ3) is 9.10. The number of hydrogen-bond donors (Lipinski definition) is 1. The molecule has 1 atom stereocenters. The maximum absolute atomic E-state index is 14.7. The van der Waals surface area contributed by atoms with Gasteiger partial charge in [0.1, 0.15) is 12.1 Å². The highest BCUT2D eigenvalue weighted by Crippen LogP contribution is 2.42. The largest absolute Gasteiger partial charge is 1.00 e. The van der Waals surface area contributed by atoms with Crippen LogP contribution in [0.4, 0.5) is 13.2 Å². The van der Waals surface area contributed by atoms with Gasteiger partial charge in [-0.1, -0.05) is 142 Å². The standard InChI is InChI=1S/C46H47F3N4O.BrH/c1-31(2)25-43(45(37-15-9-7-10-16-37,38-17-11-8-12-18-38)50-44(54)36-27-33(5)26-34(6)28-36)53-30-42(41-20-14-13-19-40(41)32(3)4)52(51-53)29-35-21-23-39(24-22-35)46(47,48)49;/h7-24,26-28,30-32,43H,25,29H2,1-6H3;1H/t43-;/m0./s1. The van der Waals surface area contributed by atoms with E-state index in [2.05, 4.69) is 75.5 Å². The minimum atomic E-state index is -4.43. The number of carbonyl (C=O) groups is 1. The van der Waals surface area contributed by atoms with Crippen molar-refractivity contribution >= 4 is 5.91 Å². The number of aromatic nitrogens is 3. The number of benzene rings is 5. The number of halogens is 4. The van der Waals surface area contributed by atoms with Gasteiger partial charge >= 0.3 is 6.18 Å². The van der Waals surface area contributed by atoms with Gasteiger partial charge in [0.2, 0.25) is 0 Å². The van der Waals surface area contributed by atoms with E-state index in [0.29, 0.717) is 17.5 Å². The minimum Gasteiger partial charge on any atom is -1.00 e. The molecular weight excluding hydrogens is 761 g/mol. The molecule has 6 aromatic rings. The first-order chi connectivity index (χ1) is 25.8. The molecule has 0 radical (unpaired) electrons. The normalized spacial score (nSPS) is 12.4. The Morgan fingerprint density at radius 1 is 0.745 bits per heavy atom. The number of rotatable bonds is 12. The number of hydrogen-bond acceptors (Lipinski definition) is 2. The highest BCUT2D eigenvalue weighted by atomic mass is 79.9. The van der Waals surface area contributed by atoms with E-state index in [1.54, 1.807) is 0 Å². The van der Waals surface area contributed by atoms with Crippen LogP contribution in [-0.2, 0) is 18.3 Å². The van der Waals surface area contributed by atoms with Crippen LogP contribution in [0.25, 0.3) is 11.3 Å². The fourth-order valence-electron chi connectivity index (χ4n) is 7.54. The number of nitrogens with one attached hydrogen (secondary N) is 1. The second-order valence-electron chi connectivity index (χ2n) is 15.0. The first kappa shape index (κ1) is 41.1. The molecule has 55 heavy (non-hydrogen) atoms. The third-order valence-corrected chi connectivity index (χ3v) is 9.98. The molecule has 0 saturated heterocycles. The van der Waals surface area contributed by atoms with Crippen molar-refractivity contribution in [1.82, 2.24) is 15.2 Å². The number of aryl methyl sites for hydroxylation is 2. The van der Waals surface area contributed by atoms with Crippen LogP contribution in [-0.4, -0.2) is 15.8 Å². The number of nitrogens with zero attached hydrogens (tertiary/aromatic N) is 3. The Hall–Kier alpha value is -5.02. The highest BCUT2D eigenvalue weighted by Gasteiger charge is 2.49. The van der Waals surface area contributed by atoms with Gasteiger partial charge in [0.15, 0.2) is 17.9 Å². The molecule has 286 valence electrons. The molecule has 9 heteroatoms. The molecule has 0 fully saturated rings. The van der Waals surface area contributed by atoms with Crippen LogP contribution < -0.4 is 27.0 Å². The Morgan fingerprint density at radius 3 is 1.82 bits per heavy atom. The Labute approximate surface area is 333 Å². The summed E-state index contributed by atoms with van der Waals surface area (Å²) in [5.41, 5.74) is 6.16. The van der Waals surface area contributed by atoms with E-state index >= 15 is 0 Å². The summed E-state index contributed by atoms with van der Waals surface area (Å²) in [7, 11) is 0. The van der Waals surface area contributed by atoms with Crippen LogP contribution in [0.2, 0.25) is 0 Å². The maximum Gasteiger partial charge on any atom is 0.416 e. The first-order valence-corrected chi connectivity index (χ1v) is 18.5. The summed E-state index contributed by atoms with van der Waals surface area (Å²) in [6.07, 6.45) is -1.76. The molecule has 0 spiro atoms. The molecule has 1 amide bonds. The second-order valence-corrected chi connectivity index (χ2v) is 15.0. The van der Waals surface area contributed by atoms with E-state index in [9.17, 15) is 18.0 Å². The molecule has 0 aliphatic rings. The van der Waals surface area contributed by atoms with Crippen molar-refractivity contribution in [2.24, 2.45) is 5.92 Å². The summed E-state index contributed by atoms with van der Waals surface area (Å²) in [6.45, 7) is 12.8. The zero-order valence-electron chi connectivity index (χ0n) is 32.1. The zero-order chi connectivity index (χ0) is 38.6. The Morgan fingerprint density at radius 2 is 1.29 bits per heavy atom. The van der Waals surface area contributed by atoms with E-state index in [0.717, 1.165) is 51.2 Å². The molecule has 0 aliphatic heterocycles. The molecule has 1 heterocycles. The number of carbonyl (C=O) groups excluding carboxylic acids is 1. The van der Waals surface area contributed by atoms with E-state index in [1.807, 2.05) is 90.1 Å². The fraction of sp³-hybridized carbons (Fsp3) is 0.283. The first-order valence-electron chi connectivity index (χ1n) is 18.5. The van der Waals surface area contributed by atoms with Gasteiger partial charge in [0.25, 0.3) is 5.91 Å². The lowest BCUT2D eigenvalue weighted by molar-refractivity contribution is -0.787. The van der Waals surface area contributed by atoms with Gasteiger partial charge in [0.05, 0.1) is 10.8 Å². The number of alkyl halides is 3. The van der Waals surface area contributed by atoms with Crippen molar-refractivity contribution in [3.63, 3.8) is 0 Å². The average molecular weight is 810 g/mol. The minimum absolute atomic E-state index is 0. The van der Waals surface area contributed by atoms with E-state index in [1.165, 1.54) is 12.1 Å². The van der Waals surface area contributed by atoms with Crippen molar-refractivity contribution in [3.8, 4) is 11.3 Å². The van der Waals surface area contributed by atoms with Gasteiger partial charge in [-0.25, -0.2) is 0 Å². The Bertz CT molecular complexity index is 2140. The van der Waals surface area contributed by atoms with Gasteiger partial charge in [-0.05, 0) is 78.6 Å². The topological polar surface area (TPSA) is 50.8 Å². The predicted octanol–water partition coefficient (Wildman–Crippen LogP) is 7.61. The van der Waals surface area contributed by atoms with Gasteiger partial charge in [-0.3, -0.25) is 4.79 Å². The lowest BCUT2D eigenvalue weighted by Gasteiger charge is -2.40. The van der Waals surface area contributed by atoms with Crippen molar-refractivity contribution in [1.29, 1.82) is 0 Å². The summed E-state index contributed by atoms with van der Waals surface area (Å²) in [5.74, 6) is 0.164. The molecule has 1 aromatic heterocycles. The molecule has 1 N–H and O–H groups in total. The quantitative estimate of drug-likeness (QED) is 0.130. The van der Waals surface area contributed by atoms with Crippen LogP contribution in [0.1, 0.15) is 95.4 Å². The SMILES string of the molecule is Cc1cc(C)cc(C(=O)NC(c2ccccc2)(c2ccccc2)[C@H](CC(C)C)[n+]2cc(-c3ccccc3C(C)C)n(Cc3ccc(C(F)(F)F)cc3)n2)c1.[Br-]. The van der Waals surface area contributed by atoms with E-state index in [-0.39, 0.29) is 41.3 Å². The van der Waals surface area contributed by atoms with Gasteiger partial charge in [0, 0.05) is 11.1 Å². The Kier molecular flexibility index (Phi) is 12.9. The van der Waals surface area contributed by atoms with Crippen LogP contribution in [0.5, 0.6) is 0 Å². The van der Waals surface area contributed by atoms with Gasteiger partial charge < -0.3 is 22.3 Å². The molecular formula is C46H48BrF3N4O. The van der Waals surface area contributed by atoms with Crippen LogP contribution in [0, 0.1) is 19.8 Å². The maximum atomic E-state index is 14.7. The third-order valence-electron chi connectivity index (χ3n) is 9.98. The van der Waals surface area contributed by atoms with Crippen molar-refractivity contribution in [3.05, 3.63) is 178 Å². The number of amides is 1. The predicted molar refractivity (Wildman–Crippen MR) is 208 cm³/mol. The molecule has 6 rings (SSSR count). The zero-order valence-corrected chi connectivity index (χ0v) is 33.7. The van der Waals surface area contributed by atoms with Crippen LogP contribution in [0.3, 0.4) is 0 Å². The molecule has 0 aliphatic carbocycles. The lowest BCUT2D eigenvalue weighted by Crippen LogP contribution is -3.00. The Balaban J connectivity index is 0.00000580. The van der Waals surface area contributed by atoms with E-state index in [4.69, 9.17) is 5.21 Å². The molecule has 5 aromatic carbocycles. The summed E-state index contributed by atoms with van der Waals surface area (Å²) in [4.78, 5) is 14.7. The summed E-state index contributed by atoms with van der Waals surface area (Å²) >= 11 is 0. The van der Waals surface area contributed by atoms with Crippen molar-refractivity contribution in [2.75, 3.05) is 0 Å². The summed E-state index contributed by atoms with van der Waals surface area (Å²) < 4.78 is 44.4. The van der Waals surface area contributed by atoms with Crippen molar-refractivity contribution < 1.29 is 39.6 Å². The fourth-order valence-corrected chi connectivity index (χ4v) is 7.54. The molecule has 0 saturated carbocycles. The summed E-state index contributed by atoms with van der Waals surface area (Å²) in [6, 6.07) is 39.0. The average Bonchev–Trinajstić information content (AvgIpc) is 3.56. The van der Waals surface area contributed by atoms with Crippen molar-refractivity contribution in [2.45, 2.75) is 78.2 Å². The monoisotopic (exact) mass is 808 g/mol. The van der Waals surface area contributed by atoms with Gasteiger partial charge in [-0.15, -0.1) is 9.36 Å². The van der Waals surface area contributed by atoms with Crippen LogP contribution in [0.15, 0.2) is 134 Å². The van der Waals surface area contributed by atoms with Gasteiger partial charge in [-0.2, -0.15) is 13.2 Å². The molecule has 5 nitrogen and oxygen atoms in total. The molecule has 0 bridgehead atoms.